The Bertz CT molecular complexity index is 963. The lowest BCUT2D eigenvalue weighted by Crippen LogP contribution is -2.34. The largest absolute Gasteiger partial charge is 0.465 e. The number of carbonyl (C=O) groups is 3. The van der Waals surface area contributed by atoms with Crippen molar-refractivity contribution in [3.05, 3.63) is 65.2 Å². The van der Waals surface area contributed by atoms with Crippen molar-refractivity contribution in [3.63, 3.8) is 0 Å². The van der Waals surface area contributed by atoms with Gasteiger partial charge in [-0.1, -0.05) is 24.3 Å². The number of ether oxygens (including phenoxy) is 3. The minimum atomic E-state index is -0.594. The molecule has 0 aliphatic heterocycles. The van der Waals surface area contributed by atoms with E-state index >= 15 is 0 Å². The van der Waals surface area contributed by atoms with Crippen LogP contribution in [0.3, 0.4) is 0 Å². The second-order valence-electron chi connectivity index (χ2n) is 8.61. The van der Waals surface area contributed by atoms with Crippen LogP contribution in [0.2, 0.25) is 0 Å². The summed E-state index contributed by atoms with van der Waals surface area (Å²) in [6, 6.07) is 14.1. The van der Waals surface area contributed by atoms with Crippen LogP contribution in [0.1, 0.15) is 54.6 Å². The predicted molar refractivity (Wildman–Crippen MR) is 119 cm³/mol. The Morgan fingerprint density at radius 2 is 1.62 bits per heavy atom. The maximum Gasteiger partial charge on any atom is 0.411 e. The van der Waals surface area contributed by atoms with Crippen molar-refractivity contribution in [3.8, 4) is 0 Å². The maximum absolute atomic E-state index is 12.0. The summed E-state index contributed by atoms with van der Waals surface area (Å²) in [5.41, 5.74) is 2.35. The van der Waals surface area contributed by atoms with Gasteiger partial charge in [0.25, 0.3) is 0 Å². The van der Waals surface area contributed by atoms with Gasteiger partial charge in [-0.15, -0.1) is 0 Å². The molecule has 2 aromatic rings. The van der Waals surface area contributed by atoms with Gasteiger partial charge in [-0.25, -0.2) is 14.4 Å². The SMILES string of the molecule is COC(=O)c1ccc(NC(=O)OCc2ccc([C@@H]3C[C@H]3NC(=O)OC(C)(C)C)cc2)cc1. The van der Waals surface area contributed by atoms with Gasteiger partial charge in [0.15, 0.2) is 0 Å². The van der Waals surface area contributed by atoms with Crippen LogP contribution in [0.25, 0.3) is 0 Å². The summed E-state index contributed by atoms with van der Waals surface area (Å²) in [5, 5.41) is 5.50. The van der Waals surface area contributed by atoms with Gasteiger partial charge in [0.05, 0.1) is 12.7 Å². The minimum absolute atomic E-state index is 0.0725. The van der Waals surface area contributed by atoms with Gasteiger partial charge in [-0.2, -0.15) is 0 Å². The lowest BCUT2D eigenvalue weighted by molar-refractivity contribution is 0.0521. The molecular formula is C24H28N2O6. The molecule has 0 unspecified atom stereocenters. The smallest absolute Gasteiger partial charge is 0.411 e. The standard InChI is InChI=1S/C24H28N2O6/c1-24(2,3)32-23(29)26-20-13-19(20)16-7-5-15(6-8-16)14-31-22(28)25-18-11-9-17(10-12-18)21(27)30-4/h5-12,19-20H,13-14H2,1-4H3,(H,25,28)(H,26,29)/t19-,20+/m0/s1. The summed E-state index contributed by atoms with van der Waals surface area (Å²) >= 11 is 0. The number of anilines is 1. The monoisotopic (exact) mass is 440 g/mol. The van der Waals surface area contributed by atoms with E-state index in [0.29, 0.717) is 11.3 Å². The van der Waals surface area contributed by atoms with Gasteiger partial charge in [0.1, 0.15) is 12.2 Å². The second-order valence-corrected chi connectivity index (χ2v) is 8.61. The number of carbonyl (C=O) groups excluding carboxylic acids is 3. The van der Waals surface area contributed by atoms with E-state index in [4.69, 9.17) is 9.47 Å². The van der Waals surface area contributed by atoms with Crippen LogP contribution in [0.5, 0.6) is 0 Å². The first-order valence-corrected chi connectivity index (χ1v) is 10.3. The molecular weight excluding hydrogens is 412 g/mol. The van der Waals surface area contributed by atoms with Crippen LogP contribution in [0, 0.1) is 0 Å². The number of amides is 2. The van der Waals surface area contributed by atoms with Crippen LogP contribution < -0.4 is 10.6 Å². The molecule has 8 nitrogen and oxygen atoms in total. The molecule has 1 fully saturated rings. The highest BCUT2D eigenvalue weighted by Crippen LogP contribution is 2.41. The molecule has 0 heterocycles. The van der Waals surface area contributed by atoms with Crippen molar-refractivity contribution in [1.29, 1.82) is 0 Å². The van der Waals surface area contributed by atoms with E-state index in [1.54, 1.807) is 24.3 Å². The zero-order valence-corrected chi connectivity index (χ0v) is 18.6. The normalized spacial score (nSPS) is 17.1. The molecule has 2 N–H and O–H groups in total. The first kappa shape index (κ1) is 23.1. The number of hydrogen-bond acceptors (Lipinski definition) is 6. The van der Waals surface area contributed by atoms with Crippen molar-refractivity contribution < 1.29 is 28.6 Å². The van der Waals surface area contributed by atoms with Gasteiger partial charge >= 0.3 is 18.2 Å². The molecule has 2 aromatic carbocycles. The number of benzene rings is 2. The molecule has 0 aromatic heterocycles. The quantitative estimate of drug-likeness (QED) is 0.503. The Hall–Kier alpha value is -3.55. The van der Waals surface area contributed by atoms with Crippen molar-refractivity contribution in [1.82, 2.24) is 5.32 Å². The highest BCUT2D eigenvalue weighted by molar-refractivity contribution is 5.91. The minimum Gasteiger partial charge on any atom is -0.465 e. The molecule has 8 heteroatoms. The summed E-state index contributed by atoms with van der Waals surface area (Å²) in [5.74, 6) is -0.186. The van der Waals surface area contributed by atoms with Crippen molar-refractivity contribution in [2.45, 2.75) is 51.4 Å². The van der Waals surface area contributed by atoms with Crippen molar-refractivity contribution in [2.24, 2.45) is 0 Å². The van der Waals surface area contributed by atoms with E-state index in [2.05, 4.69) is 15.4 Å². The Morgan fingerprint density at radius 3 is 2.22 bits per heavy atom. The number of rotatable bonds is 6. The maximum atomic E-state index is 12.0. The lowest BCUT2D eigenvalue weighted by atomic mass is 10.1. The predicted octanol–water partition coefficient (Wildman–Crippen LogP) is 4.60. The Labute approximate surface area is 187 Å². The molecule has 2 amide bonds. The highest BCUT2D eigenvalue weighted by atomic mass is 16.6. The second kappa shape index (κ2) is 9.72. The van der Waals surface area contributed by atoms with Gasteiger partial charge in [0, 0.05) is 17.6 Å². The number of alkyl carbamates (subject to hydrolysis) is 1. The first-order chi connectivity index (χ1) is 15.1. The molecule has 170 valence electrons. The molecule has 2 atom stereocenters. The number of esters is 1. The molecule has 1 aliphatic rings. The Balaban J connectivity index is 1.43. The van der Waals surface area contributed by atoms with Crippen LogP contribution in [0.15, 0.2) is 48.5 Å². The van der Waals surface area contributed by atoms with Crippen molar-refractivity contribution >= 4 is 23.8 Å². The first-order valence-electron chi connectivity index (χ1n) is 10.3. The molecule has 32 heavy (non-hydrogen) atoms. The fourth-order valence-corrected chi connectivity index (χ4v) is 3.15. The fraction of sp³-hybridized carbons (Fsp3) is 0.375. The third-order valence-corrected chi connectivity index (χ3v) is 4.82. The number of nitrogens with one attached hydrogen (secondary N) is 2. The van der Waals surface area contributed by atoms with Crippen LogP contribution in [-0.2, 0) is 20.8 Å². The number of hydrogen-bond donors (Lipinski definition) is 2. The average Bonchev–Trinajstić information content (AvgIpc) is 3.50. The van der Waals surface area contributed by atoms with Gasteiger partial charge in [-0.3, -0.25) is 5.32 Å². The van der Waals surface area contributed by atoms with E-state index in [0.717, 1.165) is 17.5 Å². The summed E-state index contributed by atoms with van der Waals surface area (Å²) in [6.07, 6.45) is -0.128. The highest BCUT2D eigenvalue weighted by Gasteiger charge is 2.40. The third kappa shape index (κ3) is 6.73. The summed E-state index contributed by atoms with van der Waals surface area (Å²) < 4.78 is 15.2. The fourth-order valence-electron chi connectivity index (χ4n) is 3.15. The van der Waals surface area contributed by atoms with E-state index in [1.165, 1.54) is 7.11 Å². The summed E-state index contributed by atoms with van der Waals surface area (Å²) in [4.78, 5) is 35.3. The molecule has 0 saturated heterocycles. The average molecular weight is 440 g/mol. The molecule has 1 saturated carbocycles. The van der Waals surface area contributed by atoms with Crippen LogP contribution >= 0.6 is 0 Å². The topological polar surface area (TPSA) is 103 Å². The van der Waals surface area contributed by atoms with Gasteiger partial charge in [0.2, 0.25) is 0 Å². The van der Waals surface area contributed by atoms with Crippen molar-refractivity contribution in [2.75, 3.05) is 12.4 Å². The van der Waals surface area contributed by atoms with E-state index < -0.39 is 23.8 Å². The van der Waals surface area contributed by atoms with E-state index in [9.17, 15) is 14.4 Å². The van der Waals surface area contributed by atoms with E-state index in [1.807, 2.05) is 45.0 Å². The lowest BCUT2D eigenvalue weighted by Gasteiger charge is -2.19. The number of methoxy groups -OCH3 is 1. The molecule has 1 aliphatic carbocycles. The van der Waals surface area contributed by atoms with E-state index in [-0.39, 0.29) is 18.6 Å². The van der Waals surface area contributed by atoms with Crippen LogP contribution in [-0.4, -0.2) is 36.9 Å². The third-order valence-electron chi connectivity index (χ3n) is 4.82. The molecule has 0 spiro atoms. The van der Waals surface area contributed by atoms with Gasteiger partial charge < -0.3 is 19.5 Å². The van der Waals surface area contributed by atoms with Crippen LogP contribution in [0.4, 0.5) is 15.3 Å². The molecule has 0 radical (unpaired) electrons. The zero-order chi connectivity index (χ0) is 23.3. The van der Waals surface area contributed by atoms with Gasteiger partial charge in [-0.05, 0) is 62.6 Å². The Morgan fingerprint density at radius 1 is 0.969 bits per heavy atom. The zero-order valence-electron chi connectivity index (χ0n) is 18.6. The Kier molecular flexibility index (Phi) is 7.02. The molecule has 3 rings (SSSR count). The summed E-state index contributed by atoms with van der Waals surface area (Å²) in [7, 11) is 1.31. The summed E-state index contributed by atoms with van der Waals surface area (Å²) in [6.45, 7) is 5.62. The molecule has 0 bridgehead atoms.